The number of nitrogen functional groups attached to an aromatic ring is 1. The molecule has 18 heavy (non-hydrogen) atoms. The highest BCUT2D eigenvalue weighted by molar-refractivity contribution is 5.64. The second kappa shape index (κ2) is 5.08. The molecule has 0 saturated carbocycles. The van der Waals surface area contributed by atoms with E-state index in [2.05, 4.69) is 48.0 Å². The van der Waals surface area contributed by atoms with Crippen molar-refractivity contribution in [3.8, 4) is 0 Å². The fourth-order valence-corrected chi connectivity index (χ4v) is 2.12. The number of pyridine rings is 1. The van der Waals surface area contributed by atoms with Crippen LogP contribution in [0, 0.1) is 13.8 Å². The molecule has 1 heterocycles. The van der Waals surface area contributed by atoms with Gasteiger partial charge < -0.3 is 10.6 Å². The van der Waals surface area contributed by atoms with Crippen LogP contribution in [0.15, 0.2) is 36.5 Å². The van der Waals surface area contributed by atoms with Crippen LogP contribution in [0.2, 0.25) is 0 Å². The van der Waals surface area contributed by atoms with Crippen LogP contribution in [0.1, 0.15) is 18.1 Å². The van der Waals surface area contributed by atoms with Crippen molar-refractivity contribution in [2.75, 3.05) is 17.2 Å². The van der Waals surface area contributed by atoms with Gasteiger partial charge in [-0.05, 0) is 50.1 Å². The molecule has 0 saturated heterocycles. The first kappa shape index (κ1) is 12.4. The summed E-state index contributed by atoms with van der Waals surface area (Å²) in [5.74, 6) is 0.970. The Kier molecular flexibility index (Phi) is 3.51. The first-order valence-electron chi connectivity index (χ1n) is 6.18. The van der Waals surface area contributed by atoms with Crippen molar-refractivity contribution in [2.24, 2.45) is 0 Å². The van der Waals surface area contributed by atoms with Gasteiger partial charge in [-0.3, -0.25) is 0 Å². The number of hydrogen-bond donors (Lipinski definition) is 1. The van der Waals surface area contributed by atoms with Gasteiger partial charge in [-0.1, -0.05) is 12.1 Å². The predicted octanol–water partition coefficient (Wildman–Crippen LogP) is 3.44. The zero-order chi connectivity index (χ0) is 13.1. The smallest absolute Gasteiger partial charge is 0.136 e. The molecule has 0 unspecified atom stereocenters. The Morgan fingerprint density at radius 2 is 2.00 bits per heavy atom. The van der Waals surface area contributed by atoms with Crippen molar-refractivity contribution >= 4 is 17.2 Å². The van der Waals surface area contributed by atoms with Gasteiger partial charge in [0.05, 0.1) is 11.9 Å². The van der Waals surface area contributed by atoms with E-state index in [1.165, 1.54) is 5.56 Å². The fraction of sp³-hybridized carbons (Fsp3) is 0.267. The maximum atomic E-state index is 5.75. The van der Waals surface area contributed by atoms with Crippen molar-refractivity contribution in [3.63, 3.8) is 0 Å². The number of anilines is 3. The molecule has 0 aliphatic heterocycles. The average Bonchev–Trinajstić information content (AvgIpc) is 2.33. The lowest BCUT2D eigenvalue weighted by molar-refractivity contribution is 0.979. The van der Waals surface area contributed by atoms with E-state index in [1.54, 1.807) is 6.20 Å². The first-order valence-corrected chi connectivity index (χ1v) is 6.18. The van der Waals surface area contributed by atoms with E-state index in [0.717, 1.165) is 23.6 Å². The molecular formula is C15H19N3. The zero-order valence-corrected chi connectivity index (χ0v) is 11.1. The Bertz CT molecular complexity index is 549. The quantitative estimate of drug-likeness (QED) is 0.895. The van der Waals surface area contributed by atoms with Crippen LogP contribution in [0.25, 0.3) is 0 Å². The molecule has 1 aromatic carbocycles. The van der Waals surface area contributed by atoms with Gasteiger partial charge in [-0.2, -0.15) is 0 Å². The van der Waals surface area contributed by atoms with E-state index in [0.29, 0.717) is 5.69 Å². The lowest BCUT2D eigenvalue weighted by Gasteiger charge is -2.24. The maximum Gasteiger partial charge on any atom is 0.136 e. The molecule has 94 valence electrons. The van der Waals surface area contributed by atoms with Crippen LogP contribution in [0.5, 0.6) is 0 Å². The Labute approximate surface area is 108 Å². The molecule has 0 atom stereocenters. The molecule has 0 aliphatic rings. The topological polar surface area (TPSA) is 42.2 Å². The average molecular weight is 241 g/mol. The van der Waals surface area contributed by atoms with Crippen LogP contribution in [0.3, 0.4) is 0 Å². The number of rotatable bonds is 3. The van der Waals surface area contributed by atoms with Gasteiger partial charge in [0.1, 0.15) is 5.82 Å². The third kappa shape index (κ3) is 2.45. The van der Waals surface area contributed by atoms with E-state index in [9.17, 15) is 0 Å². The van der Waals surface area contributed by atoms with Crippen LogP contribution < -0.4 is 10.6 Å². The zero-order valence-electron chi connectivity index (χ0n) is 11.1. The van der Waals surface area contributed by atoms with Crippen LogP contribution >= 0.6 is 0 Å². The third-order valence-corrected chi connectivity index (χ3v) is 2.96. The summed E-state index contributed by atoms with van der Waals surface area (Å²) in [6.07, 6.45) is 1.71. The molecular weight excluding hydrogens is 222 g/mol. The van der Waals surface area contributed by atoms with Gasteiger partial charge in [0.25, 0.3) is 0 Å². The highest BCUT2D eigenvalue weighted by Gasteiger charge is 2.11. The van der Waals surface area contributed by atoms with Gasteiger partial charge in [-0.15, -0.1) is 0 Å². The summed E-state index contributed by atoms with van der Waals surface area (Å²) in [6, 6.07) is 10.4. The van der Waals surface area contributed by atoms with Gasteiger partial charge >= 0.3 is 0 Å². The Balaban J connectivity index is 2.45. The van der Waals surface area contributed by atoms with Crippen LogP contribution in [-0.4, -0.2) is 11.5 Å². The fourth-order valence-electron chi connectivity index (χ4n) is 2.12. The van der Waals surface area contributed by atoms with Crippen molar-refractivity contribution < 1.29 is 0 Å². The van der Waals surface area contributed by atoms with Crippen LogP contribution in [0.4, 0.5) is 17.2 Å². The van der Waals surface area contributed by atoms with Crippen LogP contribution in [-0.2, 0) is 0 Å². The minimum atomic E-state index is 0.705. The molecule has 0 fully saturated rings. The molecule has 0 bridgehead atoms. The number of nitrogens with two attached hydrogens (primary N) is 1. The van der Waals surface area contributed by atoms with Gasteiger partial charge in [0.15, 0.2) is 0 Å². The molecule has 0 spiro atoms. The molecule has 2 aromatic rings. The minimum Gasteiger partial charge on any atom is -0.397 e. The molecule has 2 rings (SSSR count). The Hall–Kier alpha value is -2.03. The van der Waals surface area contributed by atoms with E-state index >= 15 is 0 Å². The number of aryl methyl sites for hydroxylation is 2. The number of hydrogen-bond acceptors (Lipinski definition) is 3. The van der Waals surface area contributed by atoms with Crippen molar-refractivity contribution in [1.29, 1.82) is 0 Å². The van der Waals surface area contributed by atoms with Crippen molar-refractivity contribution in [3.05, 3.63) is 47.7 Å². The number of benzene rings is 1. The van der Waals surface area contributed by atoms with Crippen molar-refractivity contribution in [2.45, 2.75) is 20.8 Å². The molecule has 0 amide bonds. The lowest BCUT2D eigenvalue weighted by Crippen LogP contribution is -2.18. The molecule has 3 heteroatoms. The second-order valence-corrected chi connectivity index (χ2v) is 4.49. The van der Waals surface area contributed by atoms with Crippen molar-refractivity contribution in [1.82, 2.24) is 4.98 Å². The largest absolute Gasteiger partial charge is 0.397 e. The number of aromatic nitrogens is 1. The number of nitrogens with zero attached hydrogens (tertiary/aromatic N) is 2. The molecule has 1 aromatic heterocycles. The normalized spacial score (nSPS) is 10.4. The maximum absolute atomic E-state index is 5.75. The summed E-state index contributed by atoms with van der Waals surface area (Å²) in [5.41, 5.74) is 9.97. The summed E-state index contributed by atoms with van der Waals surface area (Å²) in [6.45, 7) is 7.14. The summed E-state index contributed by atoms with van der Waals surface area (Å²) in [5, 5.41) is 0. The molecule has 0 radical (unpaired) electrons. The first-order chi connectivity index (χ1) is 8.61. The Morgan fingerprint density at radius 3 is 2.61 bits per heavy atom. The van der Waals surface area contributed by atoms with Gasteiger partial charge in [0, 0.05) is 12.2 Å². The lowest BCUT2D eigenvalue weighted by atomic mass is 10.2. The highest BCUT2D eigenvalue weighted by Crippen LogP contribution is 2.27. The standard InChI is InChI=1S/C15H19N3/c1-4-18(14-7-5-6-11(2)8-14)15-12(3)9-13(16)10-17-15/h5-10H,4,16H2,1-3H3. The molecule has 0 aliphatic carbocycles. The monoisotopic (exact) mass is 241 g/mol. The SMILES string of the molecule is CCN(c1cccc(C)c1)c1ncc(N)cc1C. The van der Waals surface area contributed by atoms with Gasteiger partial charge in [0.2, 0.25) is 0 Å². The Morgan fingerprint density at radius 1 is 1.22 bits per heavy atom. The predicted molar refractivity (Wildman–Crippen MR) is 77.2 cm³/mol. The summed E-state index contributed by atoms with van der Waals surface area (Å²) in [4.78, 5) is 6.65. The van der Waals surface area contributed by atoms with E-state index < -0.39 is 0 Å². The summed E-state index contributed by atoms with van der Waals surface area (Å²) in [7, 11) is 0. The third-order valence-electron chi connectivity index (χ3n) is 2.96. The van der Waals surface area contributed by atoms with E-state index in [4.69, 9.17) is 5.73 Å². The van der Waals surface area contributed by atoms with Gasteiger partial charge in [-0.25, -0.2) is 4.98 Å². The minimum absolute atomic E-state index is 0.705. The highest BCUT2D eigenvalue weighted by atomic mass is 15.2. The summed E-state index contributed by atoms with van der Waals surface area (Å²) >= 11 is 0. The summed E-state index contributed by atoms with van der Waals surface area (Å²) < 4.78 is 0. The van der Waals surface area contributed by atoms with E-state index in [1.807, 2.05) is 13.0 Å². The van der Waals surface area contributed by atoms with E-state index in [-0.39, 0.29) is 0 Å². The molecule has 3 nitrogen and oxygen atoms in total. The molecule has 2 N–H and O–H groups in total. The second-order valence-electron chi connectivity index (χ2n) is 4.49.